The van der Waals surface area contributed by atoms with E-state index < -0.39 is 24.3 Å². The third-order valence-electron chi connectivity index (χ3n) is 4.73. The molecule has 0 fully saturated rings. The fraction of sp³-hybridized carbons (Fsp3) is 0.667. The predicted molar refractivity (Wildman–Crippen MR) is 102 cm³/mol. The number of primary amides is 1. The molecule has 0 aliphatic heterocycles. The van der Waals surface area contributed by atoms with Gasteiger partial charge in [0, 0.05) is 0 Å². The number of hydrogen-bond acceptors (Lipinski definition) is 3. The molecule has 5 heteroatoms. The molecule has 0 bridgehead atoms. The average Bonchev–Trinajstić information content (AvgIpc) is 2.55. The van der Waals surface area contributed by atoms with Crippen LogP contribution >= 0.6 is 0 Å². The SMILES string of the molecule is CCC[CH2][Sn]([CH2]CCC)([CH2]CCC)[c]1ccc(N)c(C(N)=O)n1. The van der Waals surface area contributed by atoms with E-state index in [1.165, 1.54) is 55.5 Å². The van der Waals surface area contributed by atoms with Crippen molar-refractivity contribution in [3.8, 4) is 0 Å². The minimum absolute atomic E-state index is 0.271. The molecule has 1 aromatic rings. The van der Waals surface area contributed by atoms with E-state index in [4.69, 9.17) is 16.5 Å². The third kappa shape index (κ3) is 5.66. The molecule has 23 heavy (non-hydrogen) atoms. The summed E-state index contributed by atoms with van der Waals surface area (Å²) in [6.07, 6.45) is 7.45. The van der Waals surface area contributed by atoms with Crippen LogP contribution in [-0.4, -0.2) is 29.3 Å². The number of pyridine rings is 1. The van der Waals surface area contributed by atoms with Crippen molar-refractivity contribution in [1.29, 1.82) is 0 Å². The van der Waals surface area contributed by atoms with Crippen LogP contribution < -0.4 is 15.2 Å². The Kier molecular flexibility index (Phi) is 8.95. The maximum absolute atomic E-state index is 11.6. The summed E-state index contributed by atoms with van der Waals surface area (Å²) in [6.45, 7) is 6.75. The number of anilines is 1. The van der Waals surface area contributed by atoms with Gasteiger partial charge in [0.2, 0.25) is 0 Å². The van der Waals surface area contributed by atoms with E-state index in [1.807, 2.05) is 6.07 Å². The Bertz CT molecular complexity index is 483. The first-order valence-corrected chi connectivity index (χ1v) is 16.6. The second-order valence-corrected chi connectivity index (χ2v) is 19.6. The van der Waals surface area contributed by atoms with E-state index in [0.29, 0.717) is 5.69 Å². The Morgan fingerprint density at radius 3 is 1.87 bits per heavy atom. The van der Waals surface area contributed by atoms with E-state index >= 15 is 0 Å². The van der Waals surface area contributed by atoms with Crippen LogP contribution in [0.4, 0.5) is 5.69 Å². The first kappa shape index (κ1) is 20.3. The average molecular weight is 426 g/mol. The van der Waals surface area contributed by atoms with Crippen LogP contribution in [0.25, 0.3) is 0 Å². The third-order valence-corrected chi connectivity index (χ3v) is 19.8. The molecule has 0 aliphatic carbocycles. The summed E-state index contributed by atoms with van der Waals surface area (Å²) < 4.78 is 5.17. The molecule has 0 aromatic carbocycles. The van der Waals surface area contributed by atoms with Gasteiger partial charge in [-0.05, 0) is 0 Å². The van der Waals surface area contributed by atoms with Crippen molar-refractivity contribution in [1.82, 2.24) is 4.98 Å². The fourth-order valence-corrected chi connectivity index (χ4v) is 18.7. The van der Waals surface area contributed by atoms with Crippen LogP contribution in [0.2, 0.25) is 13.3 Å². The van der Waals surface area contributed by atoms with E-state index in [2.05, 4.69) is 26.8 Å². The Balaban J connectivity index is 3.28. The summed E-state index contributed by atoms with van der Waals surface area (Å²) in [5.74, 6) is -0.508. The van der Waals surface area contributed by atoms with Crippen molar-refractivity contribution in [2.24, 2.45) is 5.73 Å². The number of amides is 1. The molecule has 0 spiro atoms. The molecule has 1 rings (SSSR count). The minimum atomic E-state index is -2.61. The van der Waals surface area contributed by atoms with Gasteiger partial charge in [-0.2, -0.15) is 0 Å². The van der Waals surface area contributed by atoms with Gasteiger partial charge in [-0.15, -0.1) is 0 Å². The van der Waals surface area contributed by atoms with E-state index in [9.17, 15) is 4.79 Å². The number of nitrogens with zero attached hydrogens (tertiary/aromatic N) is 1. The monoisotopic (exact) mass is 427 g/mol. The molecular weight excluding hydrogens is 393 g/mol. The van der Waals surface area contributed by atoms with Gasteiger partial charge in [-0.25, -0.2) is 0 Å². The molecule has 0 saturated heterocycles. The number of nitrogens with two attached hydrogens (primary N) is 2. The molecule has 0 aliphatic rings. The van der Waals surface area contributed by atoms with Crippen molar-refractivity contribution in [3.05, 3.63) is 17.8 Å². The van der Waals surface area contributed by atoms with E-state index in [-0.39, 0.29) is 5.69 Å². The molecule has 0 unspecified atom stereocenters. The topological polar surface area (TPSA) is 82.0 Å². The summed E-state index contributed by atoms with van der Waals surface area (Å²) >= 11 is -2.61. The quantitative estimate of drug-likeness (QED) is 0.528. The van der Waals surface area contributed by atoms with Crippen LogP contribution in [0.1, 0.15) is 69.8 Å². The van der Waals surface area contributed by atoms with Gasteiger partial charge in [0.1, 0.15) is 0 Å². The zero-order chi connectivity index (χ0) is 17.3. The molecule has 4 N–H and O–H groups in total. The van der Waals surface area contributed by atoms with Crippen molar-refractivity contribution in [2.45, 2.75) is 72.6 Å². The molecule has 0 atom stereocenters. The number of aromatic nitrogens is 1. The van der Waals surface area contributed by atoms with E-state index in [0.717, 1.165) is 0 Å². The summed E-state index contributed by atoms with van der Waals surface area (Å²) in [5.41, 5.74) is 12.0. The van der Waals surface area contributed by atoms with Crippen molar-refractivity contribution in [3.63, 3.8) is 0 Å². The molecule has 1 aromatic heterocycles. The number of nitrogen functional groups attached to an aromatic ring is 1. The van der Waals surface area contributed by atoms with Crippen LogP contribution in [0.15, 0.2) is 12.1 Å². The van der Waals surface area contributed by atoms with Crippen LogP contribution in [0.3, 0.4) is 0 Å². The number of hydrogen-bond donors (Lipinski definition) is 2. The number of unbranched alkanes of at least 4 members (excludes halogenated alkanes) is 3. The van der Waals surface area contributed by atoms with Gasteiger partial charge in [-0.3, -0.25) is 0 Å². The van der Waals surface area contributed by atoms with Gasteiger partial charge in [0.05, 0.1) is 0 Å². The predicted octanol–water partition coefficient (Wildman–Crippen LogP) is 3.82. The van der Waals surface area contributed by atoms with Gasteiger partial charge in [-0.1, -0.05) is 0 Å². The zero-order valence-electron chi connectivity index (χ0n) is 15.0. The Labute approximate surface area is 145 Å². The standard InChI is InChI=1S/C6H6N3O.3C4H9.Sn/c7-4-2-1-3-9-5(4)6(8)10;3*1-3-4-2;/h1-2H,7H2,(H2,8,10);3*1,3-4H2,2H3;. The molecule has 4 nitrogen and oxygen atoms in total. The van der Waals surface area contributed by atoms with Gasteiger partial charge in [0.25, 0.3) is 0 Å². The first-order chi connectivity index (χ1) is 11.0. The Morgan fingerprint density at radius 2 is 1.48 bits per heavy atom. The summed E-state index contributed by atoms with van der Waals surface area (Å²) in [7, 11) is 0. The molecular formula is C18H33N3OSn. The Hall–Kier alpha value is -0.781. The number of rotatable bonds is 11. The second kappa shape index (κ2) is 10.2. The molecule has 1 amide bonds. The van der Waals surface area contributed by atoms with Crippen molar-refractivity contribution < 1.29 is 4.79 Å². The number of carbonyl (C=O) groups is 1. The van der Waals surface area contributed by atoms with Crippen LogP contribution in [0.5, 0.6) is 0 Å². The molecule has 1 heterocycles. The molecule has 0 radical (unpaired) electrons. The van der Waals surface area contributed by atoms with Crippen molar-refractivity contribution >= 4 is 33.7 Å². The Morgan fingerprint density at radius 1 is 1.00 bits per heavy atom. The summed E-state index contributed by atoms with van der Waals surface area (Å²) in [5, 5.41) is 0. The summed E-state index contributed by atoms with van der Waals surface area (Å²) in [6, 6.07) is 3.94. The summed E-state index contributed by atoms with van der Waals surface area (Å²) in [4.78, 5) is 16.3. The van der Waals surface area contributed by atoms with E-state index in [1.54, 1.807) is 0 Å². The van der Waals surface area contributed by atoms with Crippen LogP contribution in [0, 0.1) is 0 Å². The molecule has 0 saturated carbocycles. The van der Waals surface area contributed by atoms with Crippen LogP contribution in [-0.2, 0) is 0 Å². The zero-order valence-corrected chi connectivity index (χ0v) is 17.9. The van der Waals surface area contributed by atoms with Gasteiger partial charge >= 0.3 is 145 Å². The van der Waals surface area contributed by atoms with Gasteiger partial charge < -0.3 is 0 Å². The molecule has 130 valence electrons. The fourth-order valence-electron chi connectivity index (χ4n) is 3.27. The maximum atomic E-state index is 11.6. The van der Waals surface area contributed by atoms with Crippen molar-refractivity contribution in [2.75, 3.05) is 5.73 Å². The number of carbonyl (C=O) groups excluding carboxylic acids is 1. The first-order valence-electron chi connectivity index (χ1n) is 9.07. The second-order valence-electron chi connectivity index (χ2n) is 6.59. The normalized spacial score (nSPS) is 11.6. The van der Waals surface area contributed by atoms with Gasteiger partial charge in [0.15, 0.2) is 0 Å².